The van der Waals surface area contributed by atoms with Gasteiger partial charge in [0.15, 0.2) is 0 Å². The van der Waals surface area contributed by atoms with Crippen LogP contribution in [0.1, 0.15) is 35.7 Å². The summed E-state index contributed by atoms with van der Waals surface area (Å²) in [4.78, 5) is 24.0. The summed E-state index contributed by atoms with van der Waals surface area (Å²) in [5, 5.41) is 5.99. The summed E-state index contributed by atoms with van der Waals surface area (Å²) in [7, 11) is 0. The number of rotatable bonds is 5. The highest BCUT2D eigenvalue weighted by molar-refractivity contribution is 6.30. The molecular formula is C18H19ClN2O2. The molecule has 2 rings (SSSR count). The van der Waals surface area contributed by atoms with Gasteiger partial charge in [0.1, 0.15) is 0 Å². The Kier molecular flexibility index (Phi) is 5.77. The van der Waals surface area contributed by atoms with E-state index in [1.807, 2.05) is 24.3 Å². The molecule has 2 amide bonds. The summed E-state index contributed by atoms with van der Waals surface area (Å²) < 4.78 is 0. The summed E-state index contributed by atoms with van der Waals surface area (Å²) in [6.45, 7) is 4.04. The lowest BCUT2D eigenvalue weighted by Gasteiger charge is -2.13. The van der Waals surface area contributed by atoms with Crippen LogP contribution in [0.3, 0.4) is 0 Å². The Hall–Kier alpha value is -2.33. The van der Waals surface area contributed by atoms with E-state index in [1.54, 1.807) is 24.3 Å². The number of carbonyl (C=O) groups excluding carboxylic acids is 2. The Morgan fingerprint density at radius 2 is 1.70 bits per heavy atom. The van der Waals surface area contributed by atoms with E-state index in [2.05, 4.69) is 24.5 Å². The topological polar surface area (TPSA) is 58.2 Å². The SMILES string of the molecule is CC(C)c1ccccc1NC(=O)CNC(=O)c1ccc(Cl)cc1. The number of carbonyl (C=O) groups is 2. The van der Waals surface area contributed by atoms with E-state index < -0.39 is 0 Å². The summed E-state index contributed by atoms with van der Waals surface area (Å²) in [5.74, 6) is -0.274. The van der Waals surface area contributed by atoms with Crippen molar-refractivity contribution in [3.8, 4) is 0 Å². The molecule has 0 spiro atoms. The molecule has 0 atom stereocenters. The predicted octanol–water partition coefficient (Wildman–Crippen LogP) is 3.83. The first kappa shape index (κ1) is 17.0. The average Bonchev–Trinajstić information content (AvgIpc) is 2.53. The molecule has 2 aromatic rings. The third-order valence-corrected chi connectivity index (χ3v) is 3.62. The van der Waals surface area contributed by atoms with Crippen LogP contribution >= 0.6 is 11.6 Å². The lowest BCUT2D eigenvalue weighted by molar-refractivity contribution is -0.115. The molecule has 0 saturated heterocycles. The molecule has 0 heterocycles. The summed E-state index contributed by atoms with van der Waals surface area (Å²) in [6, 6.07) is 14.1. The zero-order valence-electron chi connectivity index (χ0n) is 13.1. The molecule has 0 saturated carbocycles. The fourth-order valence-corrected chi connectivity index (χ4v) is 2.30. The summed E-state index contributed by atoms with van der Waals surface area (Å²) >= 11 is 5.78. The zero-order chi connectivity index (χ0) is 16.8. The fourth-order valence-electron chi connectivity index (χ4n) is 2.17. The van der Waals surface area contributed by atoms with Gasteiger partial charge in [0.05, 0.1) is 6.54 Å². The molecule has 0 aliphatic rings. The smallest absolute Gasteiger partial charge is 0.251 e. The molecule has 0 fully saturated rings. The highest BCUT2D eigenvalue weighted by Crippen LogP contribution is 2.23. The van der Waals surface area contributed by atoms with Crippen molar-refractivity contribution >= 4 is 29.1 Å². The maximum absolute atomic E-state index is 12.0. The minimum absolute atomic E-state index is 0.0894. The van der Waals surface area contributed by atoms with E-state index in [4.69, 9.17) is 11.6 Å². The minimum Gasteiger partial charge on any atom is -0.343 e. The predicted molar refractivity (Wildman–Crippen MR) is 92.9 cm³/mol. The van der Waals surface area contributed by atoms with Crippen LogP contribution in [-0.4, -0.2) is 18.4 Å². The van der Waals surface area contributed by atoms with Gasteiger partial charge in [-0.2, -0.15) is 0 Å². The standard InChI is InChI=1S/C18H19ClN2O2/c1-12(2)15-5-3-4-6-16(15)21-17(22)11-20-18(23)13-7-9-14(19)10-8-13/h3-10,12H,11H2,1-2H3,(H,20,23)(H,21,22). The largest absolute Gasteiger partial charge is 0.343 e. The number of anilines is 1. The van der Waals surface area contributed by atoms with Crippen LogP contribution in [0.25, 0.3) is 0 Å². The number of benzene rings is 2. The van der Waals surface area contributed by atoms with E-state index in [9.17, 15) is 9.59 Å². The monoisotopic (exact) mass is 330 g/mol. The second kappa shape index (κ2) is 7.79. The second-order valence-electron chi connectivity index (χ2n) is 5.48. The molecule has 120 valence electrons. The van der Waals surface area contributed by atoms with Crippen molar-refractivity contribution in [1.29, 1.82) is 0 Å². The fraction of sp³-hybridized carbons (Fsp3) is 0.222. The van der Waals surface area contributed by atoms with Crippen molar-refractivity contribution < 1.29 is 9.59 Å². The molecule has 4 nitrogen and oxygen atoms in total. The molecule has 0 radical (unpaired) electrons. The van der Waals surface area contributed by atoms with E-state index in [-0.39, 0.29) is 18.4 Å². The highest BCUT2D eigenvalue weighted by Gasteiger charge is 2.11. The van der Waals surface area contributed by atoms with Crippen LogP contribution in [0.2, 0.25) is 5.02 Å². The first-order valence-electron chi connectivity index (χ1n) is 7.40. The van der Waals surface area contributed by atoms with Gasteiger partial charge >= 0.3 is 0 Å². The van der Waals surface area contributed by atoms with Gasteiger partial charge in [-0.15, -0.1) is 0 Å². The Bertz CT molecular complexity index is 696. The minimum atomic E-state index is -0.311. The third-order valence-electron chi connectivity index (χ3n) is 3.37. The summed E-state index contributed by atoms with van der Waals surface area (Å²) in [6.07, 6.45) is 0. The van der Waals surface area contributed by atoms with Crippen LogP contribution < -0.4 is 10.6 Å². The Morgan fingerprint density at radius 3 is 2.35 bits per heavy atom. The van der Waals surface area contributed by atoms with Crippen LogP contribution in [0, 0.1) is 0 Å². The van der Waals surface area contributed by atoms with Crippen molar-refractivity contribution in [2.45, 2.75) is 19.8 Å². The van der Waals surface area contributed by atoms with Gasteiger partial charge in [-0.1, -0.05) is 43.6 Å². The van der Waals surface area contributed by atoms with Crippen molar-refractivity contribution in [3.63, 3.8) is 0 Å². The molecule has 2 N–H and O–H groups in total. The lowest BCUT2D eigenvalue weighted by atomic mass is 10.0. The van der Waals surface area contributed by atoms with Gasteiger partial charge in [-0.05, 0) is 41.8 Å². The van der Waals surface area contributed by atoms with Gasteiger partial charge in [0.2, 0.25) is 5.91 Å². The number of hydrogen-bond acceptors (Lipinski definition) is 2. The maximum atomic E-state index is 12.0. The van der Waals surface area contributed by atoms with Gasteiger partial charge in [-0.3, -0.25) is 9.59 Å². The first-order chi connectivity index (χ1) is 11.0. The van der Waals surface area contributed by atoms with Crippen LogP contribution in [0.5, 0.6) is 0 Å². The maximum Gasteiger partial charge on any atom is 0.251 e. The van der Waals surface area contributed by atoms with Gasteiger partial charge in [-0.25, -0.2) is 0 Å². The molecule has 5 heteroatoms. The third kappa shape index (κ3) is 4.83. The molecular weight excluding hydrogens is 312 g/mol. The van der Waals surface area contributed by atoms with E-state index in [0.717, 1.165) is 11.3 Å². The van der Waals surface area contributed by atoms with Crippen LogP contribution in [0.15, 0.2) is 48.5 Å². The second-order valence-corrected chi connectivity index (χ2v) is 5.92. The van der Waals surface area contributed by atoms with E-state index in [1.165, 1.54) is 0 Å². The van der Waals surface area contributed by atoms with Gasteiger partial charge < -0.3 is 10.6 Å². The molecule has 0 aliphatic heterocycles. The van der Waals surface area contributed by atoms with Gasteiger partial charge in [0, 0.05) is 16.3 Å². The number of halogens is 1. The van der Waals surface area contributed by atoms with Crippen molar-refractivity contribution in [2.75, 3.05) is 11.9 Å². The molecule has 0 unspecified atom stereocenters. The van der Waals surface area contributed by atoms with E-state index in [0.29, 0.717) is 16.5 Å². The highest BCUT2D eigenvalue weighted by atomic mass is 35.5. The zero-order valence-corrected chi connectivity index (χ0v) is 13.9. The van der Waals surface area contributed by atoms with Crippen LogP contribution in [0.4, 0.5) is 5.69 Å². The Balaban J connectivity index is 1.93. The Labute approximate surface area is 140 Å². The lowest BCUT2D eigenvalue weighted by Crippen LogP contribution is -2.33. The summed E-state index contributed by atoms with van der Waals surface area (Å²) in [5.41, 5.74) is 2.29. The number of nitrogens with one attached hydrogen (secondary N) is 2. The number of amides is 2. The normalized spacial score (nSPS) is 10.4. The van der Waals surface area contributed by atoms with Crippen LogP contribution in [-0.2, 0) is 4.79 Å². The quantitative estimate of drug-likeness (QED) is 0.875. The van der Waals surface area contributed by atoms with Crippen molar-refractivity contribution in [3.05, 3.63) is 64.7 Å². The Morgan fingerprint density at radius 1 is 1.04 bits per heavy atom. The number of para-hydroxylation sites is 1. The van der Waals surface area contributed by atoms with Crippen molar-refractivity contribution in [1.82, 2.24) is 5.32 Å². The molecule has 0 aliphatic carbocycles. The molecule has 2 aromatic carbocycles. The average molecular weight is 331 g/mol. The molecule has 0 bridgehead atoms. The number of hydrogen-bond donors (Lipinski definition) is 2. The molecule has 0 aromatic heterocycles. The molecule has 23 heavy (non-hydrogen) atoms. The van der Waals surface area contributed by atoms with Crippen molar-refractivity contribution in [2.24, 2.45) is 0 Å². The van der Waals surface area contributed by atoms with E-state index >= 15 is 0 Å². The van der Waals surface area contributed by atoms with Gasteiger partial charge in [0.25, 0.3) is 5.91 Å². The first-order valence-corrected chi connectivity index (χ1v) is 7.77.